The van der Waals surface area contributed by atoms with Crippen LogP contribution in [0.3, 0.4) is 0 Å². The van der Waals surface area contributed by atoms with Crippen LogP contribution >= 0.6 is 7.92 Å². The summed E-state index contributed by atoms with van der Waals surface area (Å²) in [6, 6.07) is 32.5. The van der Waals surface area contributed by atoms with E-state index in [1.807, 2.05) is 6.07 Å². The van der Waals surface area contributed by atoms with Crippen LogP contribution in [-0.4, -0.2) is 0 Å². The van der Waals surface area contributed by atoms with Crippen LogP contribution < -0.4 is 15.9 Å². The number of furan rings is 1. The maximum atomic E-state index is 5.72. The van der Waals surface area contributed by atoms with Crippen LogP contribution in [0.4, 0.5) is 0 Å². The Balaban J connectivity index is 1.83. The van der Waals surface area contributed by atoms with Gasteiger partial charge in [-0.1, -0.05) is 84.9 Å². The molecule has 1 nitrogen and oxygen atoms in total. The van der Waals surface area contributed by atoms with Crippen molar-refractivity contribution in [1.29, 1.82) is 0 Å². The molecule has 1 heterocycles. The summed E-state index contributed by atoms with van der Waals surface area (Å²) in [6.45, 7) is 2.11. The van der Waals surface area contributed by atoms with Crippen LogP contribution in [0.2, 0.25) is 0 Å². The first kappa shape index (κ1) is 16.8. The van der Waals surface area contributed by atoms with Crippen molar-refractivity contribution in [1.82, 2.24) is 0 Å². The Kier molecular flexibility index (Phi) is 5.00. The van der Waals surface area contributed by atoms with Gasteiger partial charge >= 0.3 is 0 Å². The first-order valence-electron chi connectivity index (χ1n) is 8.84. The van der Waals surface area contributed by atoms with Gasteiger partial charge in [0.05, 0.1) is 6.26 Å². The van der Waals surface area contributed by atoms with Crippen LogP contribution in [-0.2, 0) is 6.42 Å². The molecule has 0 aliphatic rings. The Morgan fingerprint density at radius 1 is 0.692 bits per heavy atom. The third kappa shape index (κ3) is 3.49. The highest BCUT2D eigenvalue weighted by Gasteiger charge is 2.19. The average Bonchev–Trinajstić information content (AvgIpc) is 3.10. The van der Waals surface area contributed by atoms with E-state index in [1.54, 1.807) is 6.26 Å². The predicted octanol–water partition coefficient (Wildman–Crippen LogP) is 4.94. The second-order valence-corrected chi connectivity index (χ2v) is 8.52. The summed E-state index contributed by atoms with van der Waals surface area (Å²) in [4.78, 5) is 0. The Bertz CT molecular complexity index is 934. The van der Waals surface area contributed by atoms with Crippen LogP contribution in [0.25, 0.3) is 0 Å². The molecule has 1 aromatic heterocycles. The van der Waals surface area contributed by atoms with Gasteiger partial charge in [0.2, 0.25) is 0 Å². The number of hydrogen-bond donors (Lipinski definition) is 0. The van der Waals surface area contributed by atoms with Gasteiger partial charge in [0, 0.05) is 6.42 Å². The van der Waals surface area contributed by atoms with Gasteiger partial charge in [-0.2, -0.15) is 0 Å². The Morgan fingerprint density at radius 2 is 1.27 bits per heavy atom. The maximum Gasteiger partial charge on any atom is 0.111 e. The lowest BCUT2D eigenvalue weighted by Gasteiger charge is -2.22. The van der Waals surface area contributed by atoms with E-state index in [-0.39, 0.29) is 0 Å². The molecule has 0 amide bonds. The van der Waals surface area contributed by atoms with Crippen molar-refractivity contribution < 1.29 is 4.42 Å². The molecule has 0 bridgehead atoms. The molecule has 0 saturated heterocycles. The molecule has 0 aliphatic carbocycles. The smallest absolute Gasteiger partial charge is 0.111 e. The molecule has 0 radical (unpaired) electrons. The van der Waals surface area contributed by atoms with Gasteiger partial charge in [-0.15, -0.1) is 0 Å². The van der Waals surface area contributed by atoms with Gasteiger partial charge in [-0.3, -0.25) is 0 Å². The third-order valence-corrected chi connectivity index (χ3v) is 7.13. The minimum Gasteiger partial charge on any atom is -0.469 e. The number of hydrogen-bond acceptors (Lipinski definition) is 1. The van der Waals surface area contributed by atoms with E-state index in [0.29, 0.717) is 0 Å². The van der Waals surface area contributed by atoms with E-state index in [4.69, 9.17) is 4.42 Å². The molecule has 26 heavy (non-hydrogen) atoms. The second-order valence-electron chi connectivity index (χ2n) is 6.34. The molecule has 0 atom stereocenters. The molecule has 0 fully saturated rings. The number of aryl methyl sites for hydroxylation is 1. The molecule has 0 aliphatic heterocycles. The van der Waals surface area contributed by atoms with Crippen LogP contribution in [0.5, 0.6) is 0 Å². The molecular formula is C24H21OP. The topological polar surface area (TPSA) is 13.1 Å². The predicted molar refractivity (Wildman–Crippen MR) is 111 cm³/mol. The zero-order valence-electron chi connectivity index (χ0n) is 14.8. The Labute approximate surface area is 156 Å². The normalized spacial score (nSPS) is 11.0. The van der Waals surface area contributed by atoms with Gasteiger partial charge in [-0.05, 0) is 48.0 Å². The van der Waals surface area contributed by atoms with Crippen molar-refractivity contribution >= 4 is 23.8 Å². The quantitative estimate of drug-likeness (QED) is 0.462. The molecule has 0 saturated carbocycles. The summed E-state index contributed by atoms with van der Waals surface area (Å²) in [5.41, 5.74) is 2.55. The molecule has 128 valence electrons. The standard InChI is InChI=1S/C24H21OP/c1-19-16-17-25-23(19)18-20-10-8-9-15-24(20)26(21-11-4-2-5-12-21)22-13-6-3-7-14-22/h2-17H,18H2,1H3. The monoisotopic (exact) mass is 356 g/mol. The van der Waals surface area contributed by atoms with Crippen LogP contribution in [0, 0.1) is 6.92 Å². The molecule has 4 aromatic rings. The molecular weight excluding hydrogens is 335 g/mol. The maximum absolute atomic E-state index is 5.72. The van der Waals surface area contributed by atoms with Crippen molar-refractivity contribution in [3.63, 3.8) is 0 Å². The van der Waals surface area contributed by atoms with E-state index in [2.05, 4.69) is 91.9 Å². The summed E-state index contributed by atoms with van der Waals surface area (Å²) >= 11 is 0. The lowest BCUT2D eigenvalue weighted by atomic mass is 10.1. The lowest BCUT2D eigenvalue weighted by molar-refractivity contribution is 0.518. The van der Waals surface area contributed by atoms with E-state index >= 15 is 0 Å². The van der Waals surface area contributed by atoms with Crippen molar-refractivity contribution in [2.75, 3.05) is 0 Å². The number of rotatable bonds is 5. The lowest BCUT2D eigenvalue weighted by Crippen LogP contribution is -2.23. The van der Waals surface area contributed by atoms with Gasteiger partial charge in [0.1, 0.15) is 5.76 Å². The van der Waals surface area contributed by atoms with E-state index in [1.165, 1.54) is 27.0 Å². The fraction of sp³-hybridized carbons (Fsp3) is 0.0833. The third-order valence-electron chi connectivity index (χ3n) is 4.58. The van der Waals surface area contributed by atoms with Crippen molar-refractivity contribution in [2.45, 2.75) is 13.3 Å². The molecule has 4 rings (SSSR count). The highest BCUT2D eigenvalue weighted by atomic mass is 31.1. The minimum atomic E-state index is -0.600. The van der Waals surface area contributed by atoms with Crippen molar-refractivity contribution in [3.05, 3.63) is 114 Å². The SMILES string of the molecule is Cc1ccoc1Cc1ccccc1P(c1ccccc1)c1ccccc1. The van der Waals surface area contributed by atoms with Crippen molar-refractivity contribution in [3.8, 4) is 0 Å². The highest BCUT2D eigenvalue weighted by molar-refractivity contribution is 7.79. The van der Waals surface area contributed by atoms with Gasteiger partial charge < -0.3 is 4.42 Å². The highest BCUT2D eigenvalue weighted by Crippen LogP contribution is 2.34. The molecule has 3 aromatic carbocycles. The Morgan fingerprint density at radius 3 is 1.85 bits per heavy atom. The minimum absolute atomic E-state index is 0.600. The fourth-order valence-electron chi connectivity index (χ4n) is 3.22. The second kappa shape index (κ2) is 7.72. The zero-order valence-corrected chi connectivity index (χ0v) is 15.7. The van der Waals surface area contributed by atoms with E-state index in [0.717, 1.165) is 12.2 Å². The molecule has 0 unspecified atom stereocenters. The Hall–Kier alpha value is -2.63. The number of benzene rings is 3. The summed E-state index contributed by atoms with van der Waals surface area (Å²) in [5.74, 6) is 1.05. The first-order chi connectivity index (χ1) is 12.8. The summed E-state index contributed by atoms with van der Waals surface area (Å²) in [7, 11) is -0.600. The molecule has 0 N–H and O–H groups in total. The van der Waals surface area contributed by atoms with Gasteiger partial charge in [0.15, 0.2) is 0 Å². The molecule has 2 heteroatoms. The fourth-order valence-corrected chi connectivity index (χ4v) is 5.69. The van der Waals surface area contributed by atoms with E-state index < -0.39 is 7.92 Å². The summed E-state index contributed by atoms with van der Waals surface area (Å²) in [5, 5.41) is 4.14. The zero-order chi connectivity index (χ0) is 17.8. The average molecular weight is 356 g/mol. The van der Waals surface area contributed by atoms with Crippen molar-refractivity contribution in [2.24, 2.45) is 0 Å². The van der Waals surface area contributed by atoms with Gasteiger partial charge in [-0.25, -0.2) is 0 Å². The van der Waals surface area contributed by atoms with Crippen LogP contribution in [0.1, 0.15) is 16.9 Å². The van der Waals surface area contributed by atoms with Gasteiger partial charge in [0.25, 0.3) is 0 Å². The first-order valence-corrected chi connectivity index (χ1v) is 10.2. The summed E-state index contributed by atoms with van der Waals surface area (Å²) < 4.78 is 5.72. The van der Waals surface area contributed by atoms with E-state index in [9.17, 15) is 0 Å². The van der Waals surface area contributed by atoms with Crippen LogP contribution in [0.15, 0.2) is 102 Å². The molecule has 0 spiro atoms. The largest absolute Gasteiger partial charge is 0.469 e. The summed E-state index contributed by atoms with van der Waals surface area (Å²) in [6.07, 6.45) is 2.61.